The summed E-state index contributed by atoms with van der Waals surface area (Å²) < 4.78 is 36.9. The van der Waals surface area contributed by atoms with E-state index in [9.17, 15) is 13.2 Å². The molecule has 2 heterocycles. The topological polar surface area (TPSA) is 79.4 Å². The highest BCUT2D eigenvalue weighted by molar-refractivity contribution is 7.91. The van der Waals surface area contributed by atoms with Crippen LogP contribution in [0.15, 0.2) is 17.0 Å². The first kappa shape index (κ1) is 26.9. The van der Waals surface area contributed by atoms with Gasteiger partial charge < -0.3 is 19.3 Å². The number of rotatable bonds is 9. The number of amides is 1. The number of aryl methyl sites for hydroxylation is 2. The smallest absolute Gasteiger partial charge is 0.248 e. The van der Waals surface area contributed by atoms with Gasteiger partial charge in [0.05, 0.1) is 24.4 Å². The van der Waals surface area contributed by atoms with E-state index in [0.717, 1.165) is 39.3 Å². The molecule has 0 N–H and O–H groups in total. The normalized spacial score (nSPS) is 19.9. The van der Waals surface area contributed by atoms with Gasteiger partial charge >= 0.3 is 0 Å². The predicted molar refractivity (Wildman–Crippen MR) is 133 cm³/mol. The van der Waals surface area contributed by atoms with Gasteiger partial charge in [0.25, 0.3) is 0 Å². The maximum absolute atomic E-state index is 13.0. The maximum atomic E-state index is 13.0. The molecule has 1 aromatic rings. The summed E-state index contributed by atoms with van der Waals surface area (Å²) in [6.45, 7) is 11.2. The summed E-state index contributed by atoms with van der Waals surface area (Å²) in [5.74, 6) is 0.390. The van der Waals surface area contributed by atoms with Gasteiger partial charge in [-0.1, -0.05) is 6.92 Å². The van der Waals surface area contributed by atoms with Crippen LogP contribution in [0.25, 0.3) is 0 Å². The Labute approximate surface area is 205 Å². The zero-order valence-electron chi connectivity index (χ0n) is 21.4. The van der Waals surface area contributed by atoms with E-state index >= 15 is 0 Å². The fourth-order valence-corrected chi connectivity index (χ4v) is 7.27. The number of piperidine rings is 1. The summed E-state index contributed by atoms with van der Waals surface area (Å²) in [5, 5.41) is 0. The minimum atomic E-state index is -3.48. The van der Waals surface area contributed by atoms with Crippen molar-refractivity contribution in [3.8, 4) is 5.75 Å². The summed E-state index contributed by atoms with van der Waals surface area (Å²) in [6, 6.07) is 4.11. The van der Waals surface area contributed by atoms with Crippen molar-refractivity contribution in [2.45, 2.75) is 44.6 Å². The lowest BCUT2D eigenvalue weighted by molar-refractivity contribution is -0.138. The van der Waals surface area contributed by atoms with E-state index in [1.54, 1.807) is 33.1 Å². The second-order valence-electron chi connectivity index (χ2n) is 9.94. The number of piperazine rings is 1. The zero-order valence-corrected chi connectivity index (χ0v) is 22.2. The molecule has 34 heavy (non-hydrogen) atoms. The Hall–Kier alpha value is -1.68. The van der Waals surface area contributed by atoms with Crippen LogP contribution < -0.4 is 4.74 Å². The second-order valence-corrected chi connectivity index (χ2v) is 11.9. The molecule has 1 unspecified atom stereocenters. The van der Waals surface area contributed by atoms with Crippen molar-refractivity contribution in [2.75, 3.05) is 72.4 Å². The van der Waals surface area contributed by atoms with Crippen LogP contribution in [0.2, 0.25) is 0 Å². The standard InChI is InChI=1S/C25H41N3O5S/c1-19(18-34(30,31)25-20(2)14-23(32-5)15-21(25)3)16-33-17-24(29)28-12-10-27(11-13-28)22-6-8-26(4)9-7-22/h14-15,19,22H,6-13,16-18H2,1-5H3. The Bertz CT molecular complexity index is 913. The lowest BCUT2D eigenvalue weighted by Gasteiger charge is -2.42. The highest BCUT2D eigenvalue weighted by Crippen LogP contribution is 2.27. The molecule has 1 atom stereocenters. The first-order valence-electron chi connectivity index (χ1n) is 12.3. The van der Waals surface area contributed by atoms with E-state index in [1.165, 1.54) is 12.8 Å². The van der Waals surface area contributed by atoms with Crippen molar-refractivity contribution in [1.82, 2.24) is 14.7 Å². The first-order chi connectivity index (χ1) is 16.1. The van der Waals surface area contributed by atoms with Crippen LogP contribution in [0.5, 0.6) is 5.75 Å². The van der Waals surface area contributed by atoms with Gasteiger partial charge in [0.15, 0.2) is 9.84 Å². The molecule has 3 rings (SSSR count). The number of carbonyl (C=O) groups excluding carboxylic acids is 1. The SMILES string of the molecule is COc1cc(C)c(S(=O)(=O)CC(C)COCC(=O)N2CCN(C3CCN(C)CC3)CC2)c(C)c1. The number of hydrogen-bond donors (Lipinski definition) is 0. The number of hydrogen-bond acceptors (Lipinski definition) is 7. The fourth-order valence-electron chi connectivity index (χ4n) is 5.16. The highest BCUT2D eigenvalue weighted by Gasteiger charge is 2.28. The van der Waals surface area contributed by atoms with Gasteiger partial charge in [0, 0.05) is 32.2 Å². The van der Waals surface area contributed by atoms with Crippen LogP contribution in [-0.4, -0.2) is 107 Å². The molecule has 0 aliphatic carbocycles. The lowest BCUT2D eigenvalue weighted by atomic mass is 10.0. The van der Waals surface area contributed by atoms with E-state index in [1.807, 2.05) is 11.8 Å². The average Bonchev–Trinajstić information content (AvgIpc) is 2.78. The van der Waals surface area contributed by atoms with Gasteiger partial charge in [-0.15, -0.1) is 0 Å². The number of carbonyl (C=O) groups is 1. The summed E-state index contributed by atoms with van der Waals surface area (Å²) >= 11 is 0. The van der Waals surface area contributed by atoms with Crippen molar-refractivity contribution < 1.29 is 22.7 Å². The molecule has 0 radical (unpaired) electrons. The quantitative estimate of drug-likeness (QED) is 0.518. The van der Waals surface area contributed by atoms with Gasteiger partial charge in [-0.3, -0.25) is 9.69 Å². The molecule has 8 nitrogen and oxygen atoms in total. The van der Waals surface area contributed by atoms with Crippen LogP contribution in [-0.2, 0) is 19.4 Å². The zero-order chi connectivity index (χ0) is 24.9. The van der Waals surface area contributed by atoms with Gasteiger partial charge in [0.2, 0.25) is 5.91 Å². The summed E-state index contributed by atoms with van der Waals surface area (Å²) in [4.78, 5) is 19.7. The molecule has 2 saturated heterocycles. The van der Waals surface area contributed by atoms with Crippen LogP contribution >= 0.6 is 0 Å². The van der Waals surface area contributed by atoms with E-state index in [2.05, 4.69) is 16.8 Å². The molecule has 1 amide bonds. The van der Waals surface area contributed by atoms with E-state index in [0.29, 0.717) is 27.8 Å². The molecule has 0 aromatic heterocycles. The average molecular weight is 496 g/mol. The molecule has 0 saturated carbocycles. The van der Waals surface area contributed by atoms with Crippen LogP contribution in [0.3, 0.4) is 0 Å². The third kappa shape index (κ3) is 6.93. The number of methoxy groups -OCH3 is 1. The number of ether oxygens (including phenoxy) is 2. The van der Waals surface area contributed by atoms with Crippen molar-refractivity contribution in [1.29, 1.82) is 0 Å². The second kappa shape index (κ2) is 11.8. The first-order valence-corrected chi connectivity index (χ1v) is 13.9. The number of likely N-dealkylation sites (tertiary alicyclic amines) is 1. The molecular weight excluding hydrogens is 454 g/mol. The number of benzene rings is 1. The van der Waals surface area contributed by atoms with Crippen LogP contribution in [0.4, 0.5) is 0 Å². The molecule has 9 heteroatoms. The minimum Gasteiger partial charge on any atom is -0.497 e. The van der Waals surface area contributed by atoms with Crippen molar-refractivity contribution in [2.24, 2.45) is 5.92 Å². The Morgan fingerprint density at radius 3 is 2.21 bits per heavy atom. The molecular formula is C25H41N3O5S. The molecule has 1 aromatic carbocycles. The Morgan fingerprint density at radius 1 is 1.06 bits per heavy atom. The number of sulfone groups is 1. The van der Waals surface area contributed by atoms with Gasteiger partial charge in [0.1, 0.15) is 12.4 Å². The van der Waals surface area contributed by atoms with E-state index < -0.39 is 9.84 Å². The Morgan fingerprint density at radius 2 is 1.65 bits per heavy atom. The van der Waals surface area contributed by atoms with E-state index in [4.69, 9.17) is 9.47 Å². The van der Waals surface area contributed by atoms with Crippen molar-refractivity contribution in [3.05, 3.63) is 23.3 Å². The summed E-state index contributed by atoms with van der Waals surface area (Å²) in [7, 11) is 0.262. The molecule has 2 aliphatic heterocycles. The van der Waals surface area contributed by atoms with E-state index in [-0.39, 0.29) is 30.8 Å². The van der Waals surface area contributed by atoms with Gasteiger partial charge in [-0.05, 0) is 76.0 Å². The predicted octanol–water partition coefficient (Wildman–Crippen LogP) is 1.98. The summed E-state index contributed by atoms with van der Waals surface area (Å²) in [6.07, 6.45) is 2.40. The molecule has 2 aliphatic rings. The highest BCUT2D eigenvalue weighted by atomic mass is 32.2. The van der Waals surface area contributed by atoms with Gasteiger partial charge in [-0.2, -0.15) is 0 Å². The Balaban J connectivity index is 1.42. The van der Waals surface area contributed by atoms with Crippen molar-refractivity contribution in [3.63, 3.8) is 0 Å². The molecule has 192 valence electrons. The third-order valence-corrected chi connectivity index (χ3v) is 9.26. The largest absolute Gasteiger partial charge is 0.497 e. The lowest BCUT2D eigenvalue weighted by Crippen LogP contribution is -2.54. The maximum Gasteiger partial charge on any atom is 0.248 e. The van der Waals surface area contributed by atoms with Gasteiger partial charge in [-0.25, -0.2) is 8.42 Å². The molecule has 0 bridgehead atoms. The molecule has 0 spiro atoms. The number of nitrogens with zero attached hydrogens (tertiary/aromatic N) is 3. The third-order valence-electron chi connectivity index (χ3n) is 6.98. The van der Waals surface area contributed by atoms with Crippen LogP contribution in [0.1, 0.15) is 30.9 Å². The monoisotopic (exact) mass is 495 g/mol. The minimum absolute atomic E-state index is 0.000791. The summed E-state index contributed by atoms with van der Waals surface area (Å²) in [5.41, 5.74) is 1.36. The van der Waals surface area contributed by atoms with Crippen molar-refractivity contribution >= 4 is 15.7 Å². The molecule has 2 fully saturated rings. The van der Waals surface area contributed by atoms with Crippen LogP contribution in [0, 0.1) is 19.8 Å². The fraction of sp³-hybridized carbons (Fsp3) is 0.720. The Kier molecular flexibility index (Phi) is 9.37.